The molecule has 3 fully saturated rings. The molecule has 12 nitrogen and oxygen atoms in total. The SMILES string of the molecule is CCCCC(=O)N1CCC(C[C@H](NC(=O)[C@H](CC(=O)N2CCC(C3=Cc4ccccc4CC3=O)CC2)Cc2cc(C)c3c(c2)C=NC3)C(=O)N2CCN(c3ccncc3)CC2)CC1. The summed E-state index contributed by atoms with van der Waals surface area (Å²) in [5, 5.41) is 3.25. The lowest BCUT2D eigenvalue weighted by Crippen LogP contribution is -2.56. The molecule has 332 valence electrons. The summed E-state index contributed by atoms with van der Waals surface area (Å²) in [5.74, 6) is -0.571. The first-order valence-corrected chi connectivity index (χ1v) is 23.4. The molecular weight excluding hydrogens is 791 g/mol. The zero-order valence-corrected chi connectivity index (χ0v) is 37.1. The van der Waals surface area contributed by atoms with Crippen molar-refractivity contribution in [3.63, 3.8) is 0 Å². The van der Waals surface area contributed by atoms with E-state index >= 15 is 0 Å². The van der Waals surface area contributed by atoms with Crippen LogP contribution in [0.2, 0.25) is 0 Å². The maximum absolute atomic E-state index is 14.8. The molecule has 1 N–H and O–H groups in total. The highest BCUT2D eigenvalue weighted by Crippen LogP contribution is 2.33. The summed E-state index contributed by atoms with van der Waals surface area (Å²) >= 11 is 0. The first-order chi connectivity index (χ1) is 30.6. The number of rotatable bonds is 14. The number of aliphatic imine (C=N–C) groups is 1. The summed E-state index contributed by atoms with van der Waals surface area (Å²) in [7, 11) is 0. The number of hydrogen-bond acceptors (Lipinski definition) is 8. The number of Topliss-reactive ketones (excluding diaryl/α,β-unsaturated/α-hetero) is 1. The number of allylic oxidation sites excluding steroid dienone is 1. The summed E-state index contributed by atoms with van der Waals surface area (Å²) in [5.41, 5.74) is 8.38. The molecule has 12 heteroatoms. The molecule has 0 spiro atoms. The van der Waals surface area contributed by atoms with Gasteiger partial charge in [0.25, 0.3) is 0 Å². The van der Waals surface area contributed by atoms with Crippen molar-refractivity contribution in [1.29, 1.82) is 0 Å². The average Bonchev–Trinajstić information content (AvgIpc) is 3.80. The minimum atomic E-state index is -0.758. The van der Waals surface area contributed by atoms with Crippen LogP contribution in [0.25, 0.3) is 6.08 Å². The van der Waals surface area contributed by atoms with Crippen LogP contribution < -0.4 is 10.2 Å². The predicted molar refractivity (Wildman–Crippen MR) is 245 cm³/mol. The number of ketones is 1. The highest BCUT2D eigenvalue weighted by atomic mass is 16.2. The second kappa shape index (κ2) is 20.2. The predicted octanol–water partition coefficient (Wildman–Crippen LogP) is 5.97. The van der Waals surface area contributed by atoms with Gasteiger partial charge in [-0.2, -0.15) is 0 Å². The van der Waals surface area contributed by atoms with Crippen LogP contribution in [-0.2, 0) is 43.4 Å². The molecule has 3 aromatic rings. The molecule has 8 rings (SSSR count). The van der Waals surface area contributed by atoms with E-state index < -0.39 is 12.0 Å². The van der Waals surface area contributed by atoms with Gasteiger partial charge in [-0.3, -0.25) is 33.9 Å². The smallest absolute Gasteiger partial charge is 0.245 e. The van der Waals surface area contributed by atoms with Gasteiger partial charge in [0.1, 0.15) is 6.04 Å². The Hall–Kier alpha value is -5.65. The molecule has 4 aliphatic heterocycles. The number of carbonyl (C=O) groups excluding carboxylic acids is 5. The number of piperidine rings is 2. The van der Waals surface area contributed by atoms with Crippen LogP contribution in [0, 0.1) is 24.7 Å². The standard InChI is InChI=1S/C51H63N7O5/c1-3-4-9-48(60)56-18-12-36(13-19-56)29-46(51(63)58-24-22-55(23-25-58)43-10-16-52-17-11-43)54-50(62)41(27-37-26-35(2)45-34-53-33-42(45)28-37)32-49(61)57-20-14-38(15-21-57)44-30-39-7-5-6-8-40(39)31-47(44)59/h5-8,10-11,16-17,26,28,30,33,36,38,41,46H,3-4,9,12-15,18-25,27,29,31-32,34H2,1-2H3,(H,54,62)/t41-,46-/m0/s1. The number of aromatic nitrogens is 1. The summed E-state index contributed by atoms with van der Waals surface area (Å²) in [6.45, 7) is 9.54. The van der Waals surface area contributed by atoms with E-state index in [4.69, 9.17) is 0 Å². The minimum Gasteiger partial charge on any atom is -0.368 e. The molecule has 0 radical (unpaired) electrons. The van der Waals surface area contributed by atoms with Gasteiger partial charge in [0.05, 0.1) is 12.5 Å². The molecule has 0 saturated carbocycles. The largest absolute Gasteiger partial charge is 0.368 e. The lowest BCUT2D eigenvalue weighted by atomic mass is 9.80. The molecular formula is C51H63N7O5. The fourth-order valence-electron chi connectivity index (χ4n) is 10.3. The number of carbonyl (C=O) groups is 5. The lowest BCUT2D eigenvalue weighted by Gasteiger charge is -2.39. The maximum Gasteiger partial charge on any atom is 0.245 e. The molecule has 5 heterocycles. The van der Waals surface area contributed by atoms with Crippen molar-refractivity contribution in [2.24, 2.45) is 22.7 Å². The van der Waals surface area contributed by atoms with E-state index in [0.29, 0.717) is 97.4 Å². The third kappa shape index (κ3) is 10.6. The van der Waals surface area contributed by atoms with Crippen molar-refractivity contribution in [2.75, 3.05) is 57.3 Å². The molecule has 2 atom stereocenters. The minimum absolute atomic E-state index is 0.0134. The highest BCUT2D eigenvalue weighted by molar-refractivity contribution is 6.04. The number of hydrogen-bond donors (Lipinski definition) is 1. The van der Waals surface area contributed by atoms with Gasteiger partial charge in [0.2, 0.25) is 23.6 Å². The number of nitrogens with zero attached hydrogens (tertiary/aromatic N) is 6. The number of benzene rings is 2. The van der Waals surface area contributed by atoms with Gasteiger partial charge in [-0.15, -0.1) is 0 Å². The summed E-state index contributed by atoms with van der Waals surface area (Å²) in [6.07, 6.45) is 14.1. The van der Waals surface area contributed by atoms with Crippen molar-refractivity contribution in [3.05, 3.63) is 99.9 Å². The quantitative estimate of drug-likeness (QED) is 0.211. The molecule has 4 amide bonds. The van der Waals surface area contributed by atoms with Gasteiger partial charge >= 0.3 is 0 Å². The van der Waals surface area contributed by atoms with Crippen molar-refractivity contribution in [2.45, 2.75) is 97.1 Å². The Morgan fingerprint density at radius 2 is 1.54 bits per heavy atom. The fraction of sp³-hybridized carbons (Fsp3) is 0.510. The first kappa shape index (κ1) is 44.0. The van der Waals surface area contributed by atoms with Gasteiger partial charge in [-0.1, -0.05) is 43.7 Å². The van der Waals surface area contributed by atoms with E-state index in [9.17, 15) is 24.0 Å². The normalized spacial score (nSPS) is 19.0. The Morgan fingerprint density at radius 3 is 2.29 bits per heavy atom. The van der Waals surface area contributed by atoms with Crippen LogP contribution in [0.5, 0.6) is 0 Å². The average molecular weight is 854 g/mol. The van der Waals surface area contributed by atoms with Crippen molar-refractivity contribution < 1.29 is 24.0 Å². The molecule has 1 aliphatic carbocycles. The van der Waals surface area contributed by atoms with Gasteiger partial charge in [-0.25, -0.2) is 0 Å². The number of aryl methyl sites for hydroxylation is 1. The van der Waals surface area contributed by atoms with Crippen LogP contribution in [0.4, 0.5) is 5.69 Å². The van der Waals surface area contributed by atoms with Gasteiger partial charge in [0.15, 0.2) is 5.78 Å². The molecule has 1 aromatic heterocycles. The van der Waals surface area contributed by atoms with Crippen LogP contribution in [0.3, 0.4) is 0 Å². The molecule has 0 unspecified atom stereocenters. The van der Waals surface area contributed by atoms with Crippen molar-refractivity contribution in [3.8, 4) is 0 Å². The van der Waals surface area contributed by atoms with Crippen LogP contribution in [-0.4, -0.2) is 114 Å². The molecule has 5 aliphatic rings. The first-order valence-electron chi connectivity index (χ1n) is 23.4. The summed E-state index contributed by atoms with van der Waals surface area (Å²) in [6, 6.07) is 15.4. The Labute approximate surface area is 372 Å². The Morgan fingerprint density at radius 1 is 0.825 bits per heavy atom. The number of likely N-dealkylation sites (tertiary alicyclic amines) is 2. The number of nitrogens with one attached hydrogen (secondary N) is 1. The van der Waals surface area contributed by atoms with Gasteiger partial charge in [0, 0.05) is 95.9 Å². The Bertz CT molecular complexity index is 2220. The van der Waals surface area contributed by atoms with E-state index in [-0.39, 0.29) is 47.7 Å². The van der Waals surface area contributed by atoms with Gasteiger partial charge < -0.3 is 24.9 Å². The lowest BCUT2D eigenvalue weighted by molar-refractivity contribution is -0.140. The third-order valence-electron chi connectivity index (χ3n) is 14.2. The number of piperazine rings is 1. The number of fused-ring (bicyclic) bond motifs is 2. The van der Waals surface area contributed by atoms with E-state index in [1.165, 1.54) is 5.56 Å². The second-order valence-electron chi connectivity index (χ2n) is 18.4. The molecule has 2 aromatic carbocycles. The van der Waals surface area contributed by atoms with Crippen LogP contribution in [0.1, 0.15) is 98.1 Å². The van der Waals surface area contributed by atoms with Crippen LogP contribution in [0.15, 0.2) is 71.5 Å². The topological polar surface area (TPSA) is 136 Å². The fourth-order valence-corrected chi connectivity index (χ4v) is 10.3. The Kier molecular flexibility index (Phi) is 14.1. The number of unbranched alkanes of at least 4 members (excludes halogenated alkanes) is 1. The zero-order valence-electron chi connectivity index (χ0n) is 37.1. The highest BCUT2D eigenvalue weighted by Gasteiger charge is 2.36. The third-order valence-corrected chi connectivity index (χ3v) is 14.2. The monoisotopic (exact) mass is 853 g/mol. The summed E-state index contributed by atoms with van der Waals surface area (Å²) < 4.78 is 0. The molecule has 63 heavy (non-hydrogen) atoms. The second-order valence-corrected chi connectivity index (χ2v) is 18.4. The zero-order chi connectivity index (χ0) is 43.9. The molecule has 3 saturated heterocycles. The number of amides is 4. The van der Waals surface area contributed by atoms with Crippen molar-refractivity contribution >= 4 is 47.4 Å². The molecule has 0 bridgehead atoms. The maximum atomic E-state index is 14.8. The van der Waals surface area contributed by atoms with E-state index in [2.05, 4.69) is 52.2 Å². The van der Waals surface area contributed by atoms with Crippen LogP contribution >= 0.6 is 0 Å². The van der Waals surface area contributed by atoms with E-state index in [1.807, 2.05) is 57.3 Å². The Balaban J connectivity index is 0.979. The number of pyridine rings is 1. The van der Waals surface area contributed by atoms with Gasteiger partial charge in [-0.05, 0) is 127 Å². The summed E-state index contributed by atoms with van der Waals surface area (Å²) in [4.78, 5) is 86.4. The van der Waals surface area contributed by atoms with Crippen molar-refractivity contribution in [1.82, 2.24) is 25.0 Å². The van der Waals surface area contributed by atoms with E-state index in [1.54, 1.807) is 12.4 Å². The van der Waals surface area contributed by atoms with E-state index in [0.717, 1.165) is 64.8 Å². The number of anilines is 1.